The van der Waals surface area contributed by atoms with Gasteiger partial charge in [-0.05, 0) is 19.8 Å². The number of nitrogens with zero attached hydrogens (tertiary/aromatic N) is 6. The molecule has 0 spiro atoms. The molecule has 1 aliphatic heterocycles. The first-order valence-electron chi connectivity index (χ1n) is 8.07. The van der Waals surface area contributed by atoms with Gasteiger partial charge in [0.05, 0.1) is 18.2 Å². The van der Waals surface area contributed by atoms with Gasteiger partial charge in [0.25, 0.3) is 5.56 Å². The van der Waals surface area contributed by atoms with E-state index >= 15 is 0 Å². The van der Waals surface area contributed by atoms with Crippen LogP contribution >= 0.6 is 0 Å². The zero-order chi connectivity index (χ0) is 16.7. The fourth-order valence-corrected chi connectivity index (χ4v) is 3.28. The van der Waals surface area contributed by atoms with Gasteiger partial charge in [-0.3, -0.25) is 4.79 Å². The minimum atomic E-state index is -0.0952. The maximum Gasteiger partial charge on any atom is 0.251 e. The Morgan fingerprint density at radius 2 is 2.17 bits per heavy atom. The molecule has 1 saturated heterocycles. The molecule has 4 rings (SSSR count). The highest BCUT2D eigenvalue weighted by atomic mass is 16.1. The van der Waals surface area contributed by atoms with Gasteiger partial charge in [-0.25, -0.2) is 15.0 Å². The lowest BCUT2D eigenvalue weighted by Gasteiger charge is -2.32. The van der Waals surface area contributed by atoms with Gasteiger partial charge in [0.1, 0.15) is 11.3 Å². The zero-order valence-electron chi connectivity index (χ0n) is 13.7. The first-order valence-corrected chi connectivity index (χ1v) is 8.07. The number of nitrogens with one attached hydrogen (secondary N) is 1. The summed E-state index contributed by atoms with van der Waals surface area (Å²) in [5.41, 5.74) is 2.37. The van der Waals surface area contributed by atoms with Gasteiger partial charge >= 0.3 is 0 Å². The van der Waals surface area contributed by atoms with Crippen molar-refractivity contribution < 1.29 is 0 Å². The number of fused-ring (bicyclic) bond motifs is 1. The van der Waals surface area contributed by atoms with E-state index in [0.29, 0.717) is 11.8 Å². The number of aromatic nitrogens is 6. The summed E-state index contributed by atoms with van der Waals surface area (Å²) < 4.78 is 1.89. The smallest absolute Gasteiger partial charge is 0.251 e. The molecule has 4 heterocycles. The van der Waals surface area contributed by atoms with Gasteiger partial charge in [-0.1, -0.05) is 0 Å². The first-order chi connectivity index (χ1) is 11.6. The van der Waals surface area contributed by atoms with Crippen LogP contribution in [-0.2, 0) is 7.05 Å². The quantitative estimate of drug-likeness (QED) is 0.759. The summed E-state index contributed by atoms with van der Waals surface area (Å²) >= 11 is 0. The van der Waals surface area contributed by atoms with Crippen LogP contribution < -0.4 is 10.5 Å². The third-order valence-corrected chi connectivity index (χ3v) is 4.44. The van der Waals surface area contributed by atoms with E-state index in [2.05, 4.69) is 29.8 Å². The van der Waals surface area contributed by atoms with E-state index in [9.17, 15) is 4.79 Å². The van der Waals surface area contributed by atoms with Gasteiger partial charge in [0.2, 0.25) is 5.95 Å². The molecule has 124 valence electrons. The number of aryl methyl sites for hydroxylation is 2. The maximum atomic E-state index is 11.7. The summed E-state index contributed by atoms with van der Waals surface area (Å²) in [6.07, 6.45) is 5.54. The van der Waals surface area contributed by atoms with E-state index in [-0.39, 0.29) is 11.5 Å². The summed E-state index contributed by atoms with van der Waals surface area (Å²) in [5, 5.41) is 0. The number of hydrogen-bond acceptors (Lipinski definition) is 6. The van der Waals surface area contributed by atoms with Crippen LogP contribution in [0.15, 0.2) is 23.4 Å². The van der Waals surface area contributed by atoms with Crippen molar-refractivity contribution >= 4 is 17.1 Å². The van der Waals surface area contributed by atoms with Crippen LogP contribution in [0.3, 0.4) is 0 Å². The number of piperidine rings is 1. The van der Waals surface area contributed by atoms with Crippen molar-refractivity contribution in [3.05, 3.63) is 40.5 Å². The van der Waals surface area contributed by atoms with Crippen molar-refractivity contribution in [2.75, 3.05) is 18.0 Å². The lowest BCUT2D eigenvalue weighted by Crippen LogP contribution is -2.36. The molecule has 24 heavy (non-hydrogen) atoms. The summed E-state index contributed by atoms with van der Waals surface area (Å²) in [6.45, 7) is 3.48. The lowest BCUT2D eigenvalue weighted by atomic mass is 9.94. The Morgan fingerprint density at radius 3 is 3.00 bits per heavy atom. The normalized spacial score (nSPS) is 18.2. The number of imidazole rings is 1. The van der Waals surface area contributed by atoms with Crippen molar-refractivity contribution in [1.82, 2.24) is 29.5 Å². The molecule has 8 nitrogen and oxygen atoms in total. The zero-order valence-corrected chi connectivity index (χ0v) is 13.7. The molecule has 0 aliphatic carbocycles. The second kappa shape index (κ2) is 5.70. The molecule has 1 atom stereocenters. The van der Waals surface area contributed by atoms with E-state index < -0.39 is 0 Å². The highest BCUT2D eigenvalue weighted by Gasteiger charge is 2.25. The molecule has 3 aromatic heterocycles. The Kier molecular flexibility index (Phi) is 3.51. The Hall–Kier alpha value is -2.77. The molecule has 0 bridgehead atoms. The monoisotopic (exact) mass is 325 g/mol. The van der Waals surface area contributed by atoms with Crippen molar-refractivity contribution in [2.24, 2.45) is 7.05 Å². The number of rotatable bonds is 2. The standard InChI is InChI=1S/C16H19N7O/c1-10-19-12(6-14(24)20-10)11-4-3-5-23(8-11)16-17-7-13-15(21-16)22(2)9-18-13/h6-7,9,11H,3-5,8H2,1-2H3,(H,19,20,24). The molecule has 0 saturated carbocycles. The van der Waals surface area contributed by atoms with Crippen LogP contribution in [-0.4, -0.2) is 42.6 Å². The largest absolute Gasteiger partial charge is 0.340 e. The number of hydrogen-bond donors (Lipinski definition) is 1. The predicted molar refractivity (Wildman–Crippen MR) is 90.1 cm³/mol. The van der Waals surface area contributed by atoms with Crippen LogP contribution in [0.1, 0.15) is 30.3 Å². The molecule has 0 amide bonds. The van der Waals surface area contributed by atoms with E-state index in [1.807, 2.05) is 18.5 Å². The molecule has 1 fully saturated rings. The van der Waals surface area contributed by atoms with Crippen LogP contribution in [0.2, 0.25) is 0 Å². The summed E-state index contributed by atoms with van der Waals surface area (Å²) in [4.78, 5) is 34.5. The average molecular weight is 325 g/mol. The topological polar surface area (TPSA) is 92.6 Å². The van der Waals surface area contributed by atoms with E-state index in [1.165, 1.54) is 0 Å². The predicted octanol–water partition coefficient (Wildman–Crippen LogP) is 1.14. The second-order valence-corrected chi connectivity index (χ2v) is 6.28. The van der Waals surface area contributed by atoms with Crippen molar-refractivity contribution in [2.45, 2.75) is 25.7 Å². The van der Waals surface area contributed by atoms with Crippen molar-refractivity contribution in [3.8, 4) is 0 Å². The van der Waals surface area contributed by atoms with Gasteiger partial charge in [0, 0.05) is 32.1 Å². The molecule has 1 aliphatic rings. The van der Waals surface area contributed by atoms with Crippen molar-refractivity contribution in [1.29, 1.82) is 0 Å². The SMILES string of the molecule is Cc1nc(C2CCCN(c3ncc4ncn(C)c4n3)C2)cc(=O)[nH]1. The number of H-pyrrole nitrogens is 1. The number of anilines is 1. The van der Waals surface area contributed by atoms with Crippen LogP contribution in [0.5, 0.6) is 0 Å². The highest BCUT2D eigenvalue weighted by molar-refractivity contribution is 5.70. The molecule has 1 N–H and O–H groups in total. The van der Waals surface area contributed by atoms with E-state index in [0.717, 1.165) is 42.8 Å². The highest BCUT2D eigenvalue weighted by Crippen LogP contribution is 2.27. The maximum absolute atomic E-state index is 11.7. The van der Waals surface area contributed by atoms with Crippen molar-refractivity contribution in [3.63, 3.8) is 0 Å². The van der Waals surface area contributed by atoms with Gasteiger partial charge in [-0.2, -0.15) is 4.98 Å². The average Bonchev–Trinajstić information content (AvgIpc) is 2.95. The molecule has 0 radical (unpaired) electrons. The number of aromatic amines is 1. The molecule has 0 aromatic carbocycles. The third-order valence-electron chi connectivity index (χ3n) is 4.44. The first kappa shape index (κ1) is 14.8. The summed E-state index contributed by atoms with van der Waals surface area (Å²) in [6, 6.07) is 1.60. The van der Waals surface area contributed by atoms with E-state index in [4.69, 9.17) is 0 Å². The van der Waals surface area contributed by atoms with Crippen LogP contribution in [0.25, 0.3) is 11.2 Å². The minimum absolute atomic E-state index is 0.0952. The van der Waals surface area contributed by atoms with Gasteiger partial charge in [0.15, 0.2) is 5.65 Å². The molecule has 1 unspecified atom stereocenters. The second-order valence-electron chi connectivity index (χ2n) is 6.28. The molecular weight excluding hydrogens is 306 g/mol. The van der Waals surface area contributed by atoms with Gasteiger partial charge < -0.3 is 14.5 Å². The van der Waals surface area contributed by atoms with Gasteiger partial charge in [-0.15, -0.1) is 0 Å². The van der Waals surface area contributed by atoms with Crippen LogP contribution in [0, 0.1) is 6.92 Å². The Balaban J connectivity index is 1.63. The molecule has 8 heteroatoms. The minimum Gasteiger partial charge on any atom is -0.340 e. The summed E-state index contributed by atoms with van der Waals surface area (Å²) in [7, 11) is 1.92. The van der Waals surface area contributed by atoms with Crippen LogP contribution in [0.4, 0.5) is 5.95 Å². The Labute approximate surface area is 138 Å². The fraction of sp³-hybridized carbons (Fsp3) is 0.438. The summed E-state index contributed by atoms with van der Waals surface area (Å²) in [5.74, 6) is 1.57. The lowest BCUT2D eigenvalue weighted by molar-refractivity contribution is 0.493. The fourth-order valence-electron chi connectivity index (χ4n) is 3.28. The molecular formula is C16H19N7O. The Bertz CT molecular complexity index is 945. The Morgan fingerprint density at radius 1 is 1.29 bits per heavy atom. The molecule has 3 aromatic rings. The third kappa shape index (κ3) is 2.64. The van der Waals surface area contributed by atoms with E-state index in [1.54, 1.807) is 18.6 Å².